The number of allylic oxidation sites excluding steroid dienone is 1. The number of esters is 1. The Labute approximate surface area is 160 Å². The SMILES string of the molecule is COC(=O)[C@@]12C[C@H]1C=CCCCCN(C)C(=O)[C@@H]1CC[C@@H](O)C[C@H]1C(=O)N2. The number of rotatable bonds is 1. The van der Waals surface area contributed by atoms with Gasteiger partial charge in [0.2, 0.25) is 11.8 Å². The highest BCUT2D eigenvalue weighted by molar-refractivity contribution is 5.94. The zero-order chi connectivity index (χ0) is 19.6. The second-order valence-corrected chi connectivity index (χ2v) is 8.13. The Hall–Kier alpha value is -1.89. The molecule has 0 saturated heterocycles. The number of aliphatic hydroxyl groups is 1. The second kappa shape index (κ2) is 8.00. The summed E-state index contributed by atoms with van der Waals surface area (Å²) in [6.07, 6.45) is 7.92. The van der Waals surface area contributed by atoms with Crippen molar-refractivity contribution in [2.75, 3.05) is 20.7 Å². The predicted molar refractivity (Wildman–Crippen MR) is 98.5 cm³/mol. The Morgan fingerprint density at radius 3 is 2.81 bits per heavy atom. The van der Waals surface area contributed by atoms with Gasteiger partial charge < -0.3 is 20.1 Å². The summed E-state index contributed by atoms with van der Waals surface area (Å²) in [4.78, 5) is 40.0. The topological polar surface area (TPSA) is 95.9 Å². The van der Waals surface area contributed by atoms with Gasteiger partial charge in [-0.25, -0.2) is 4.79 Å². The molecule has 5 atom stereocenters. The van der Waals surface area contributed by atoms with Crippen LogP contribution in [0.1, 0.15) is 44.9 Å². The monoisotopic (exact) mass is 378 g/mol. The van der Waals surface area contributed by atoms with Gasteiger partial charge in [0.25, 0.3) is 0 Å². The summed E-state index contributed by atoms with van der Waals surface area (Å²) in [5.41, 5.74) is -1.03. The number of fused-ring (bicyclic) bond motifs is 2. The molecule has 0 aromatic rings. The number of amides is 2. The third-order valence-corrected chi connectivity index (χ3v) is 6.25. The van der Waals surface area contributed by atoms with Gasteiger partial charge in [0.05, 0.1) is 19.1 Å². The summed E-state index contributed by atoms with van der Waals surface area (Å²) in [6, 6.07) is 0. The molecule has 0 radical (unpaired) electrons. The van der Waals surface area contributed by atoms with E-state index in [-0.39, 0.29) is 24.2 Å². The van der Waals surface area contributed by atoms with Crippen LogP contribution in [0, 0.1) is 17.8 Å². The van der Waals surface area contributed by atoms with Crippen LogP contribution in [0.5, 0.6) is 0 Å². The van der Waals surface area contributed by atoms with E-state index in [9.17, 15) is 19.5 Å². The lowest BCUT2D eigenvalue weighted by Gasteiger charge is -2.35. The molecule has 2 amide bonds. The lowest BCUT2D eigenvalue weighted by molar-refractivity contribution is -0.150. The van der Waals surface area contributed by atoms with Crippen LogP contribution in [0.15, 0.2) is 12.2 Å². The Morgan fingerprint density at radius 2 is 2.07 bits per heavy atom. The number of carbonyl (C=O) groups excluding carboxylic acids is 3. The molecule has 2 N–H and O–H groups in total. The molecule has 0 unspecified atom stereocenters. The molecule has 0 bridgehead atoms. The molecule has 0 aromatic heterocycles. The number of methoxy groups -OCH3 is 1. The van der Waals surface area contributed by atoms with Crippen molar-refractivity contribution in [3.8, 4) is 0 Å². The molecule has 150 valence electrons. The van der Waals surface area contributed by atoms with Crippen molar-refractivity contribution in [2.24, 2.45) is 17.8 Å². The van der Waals surface area contributed by atoms with Gasteiger partial charge in [0.15, 0.2) is 0 Å². The van der Waals surface area contributed by atoms with Crippen LogP contribution < -0.4 is 5.32 Å². The summed E-state index contributed by atoms with van der Waals surface area (Å²) >= 11 is 0. The zero-order valence-corrected chi connectivity index (χ0v) is 16.1. The van der Waals surface area contributed by atoms with E-state index in [0.29, 0.717) is 25.8 Å². The molecular formula is C20H30N2O5. The fraction of sp³-hybridized carbons (Fsp3) is 0.750. The van der Waals surface area contributed by atoms with Crippen LogP contribution >= 0.6 is 0 Å². The Balaban J connectivity index is 1.87. The maximum atomic E-state index is 13.1. The summed E-state index contributed by atoms with van der Waals surface area (Å²) in [7, 11) is 3.09. The van der Waals surface area contributed by atoms with Crippen LogP contribution in [0.2, 0.25) is 0 Å². The van der Waals surface area contributed by atoms with Crippen LogP contribution in [-0.4, -0.2) is 60.1 Å². The predicted octanol–water partition coefficient (Wildman–Crippen LogP) is 1.01. The molecule has 3 aliphatic rings. The molecule has 7 nitrogen and oxygen atoms in total. The van der Waals surface area contributed by atoms with Gasteiger partial charge in [0.1, 0.15) is 5.54 Å². The molecule has 2 saturated carbocycles. The van der Waals surface area contributed by atoms with Crippen LogP contribution in [-0.2, 0) is 19.1 Å². The minimum atomic E-state index is -1.03. The fourth-order valence-electron chi connectivity index (χ4n) is 4.44. The summed E-state index contributed by atoms with van der Waals surface area (Å²) in [5, 5.41) is 13.0. The third-order valence-electron chi connectivity index (χ3n) is 6.25. The molecule has 0 spiro atoms. The molecule has 0 aromatic carbocycles. The fourth-order valence-corrected chi connectivity index (χ4v) is 4.44. The molecular weight excluding hydrogens is 348 g/mol. The van der Waals surface area contributed by atoms with Gasteiger partial charge >= 0.3 is 5.97 Å². The number of carbonyl (C=O) groups is 3. The number of ether oxygens (including phenoxy) is 1. The minimum absolute atomic E-state index is 0.0471. The van der Waals surface area contributed by atoms with Crippen molar-refractivity contribution in [3.05, 3.63) is 12.2 Å². The Kier molecular flexibility index (Phi) is 5.89. The highest BCUT2D eigenvalue weighted by Gasteiger charge is 2.61. The van der Waals surface area contributed by atoms with E-state index >= 15 is 0 Å². The van der Waals surface area contributed by atoms with Gasteiger partial charge in [-0.15, -0.1) is 0 Å². The Bertz CT molecular complexity index is 634. The van der Waals surface area contributed by atoms with E-state index in [4.69, 9.17) is 4.74 Å². The van der Waals surface area contributed by atoms with Gasteiger partial charge in [-0.1, -0.05) is 12.2 Å². The molecule has 7 heteroatoms. The van der Waals surface area contributed by atoms with Gasteiger partial charge in [-0.3, -0.25) is 9.59 Å². The van der Waals surface area contributed by atoms with Crippen LogP contribution in [0.4, 0.5) is 0 Å². The lowest BCUT2D eigenvalue weighted by atomic mass is 9.76. The second-order valence-electron chi connectivity index (χ2n) is 8.13. The number of nitrogens with one attached hydrogen (secondary N) is 1. The standard InChI is InChI=1S/C20H30N2O5/c1-22-10-6-4-3-5-7-13-12-20(13,19(26)27-2)21-17(24)16-11-14(23)8-9-15(16)18(22)25/h5,7,13-16,23H,3-4,6,8-12H2,1-2H3,(H,21,24)/t13-,14-,15-,16-,20-/m1/s1. The van der Waals surface area contributed by atoms with E-state index in [1.54, 1.807) is 11.9 Å². The van der Waals surface area contributed by atoms with E-state index < -0.39 is 29.4 Å². The van der Waals surface area contributed by atoms with Gasteiger partial charge in [-0.2, -0.15) is 0 Å². The van der Waals surface area contributed by atoms with Crippen molar-refractivity contribution in [1.82, 2.24) is 10.2 Å². The quantitative estimate of drug-likeness (QED) is 0.524. The van der Waals surface area contributed by atoms with E-state index in [2.05, 4.69) is 5.32 Å². The lowest BCUT2D eigenvalue weighted by Crippen LogP contribution is -2.52. The van der Waals surface area contributed by atoms with Crippen molar-refractivity contribution in [1.29, 1.82) is 0 Å². The number of hydrogen-bond acceptors (Lipinski definition) is 5. The first kappa shape index (κ1) is 19.9. The molecule has 2 aliphatic carbocycles. The molecule has 3 rings (SSSR count). The number of hydrogen-bond donors (Lipinski definition) is 2. The average Bonchev–Trinajstić information content (AvgIpc) is 3.35. The van der Waals surface area contributed by atoms with Crippen molar-refractivity contribution >= 4 is 17.8 Å². The summed E-state index contributed by atoms with van der Waals surface area (Å²) in [5.74, 6) is -1.99. The Morgan fingerprint density at radius 1 is 1.30 bits per heavy atom. The minimum Gasteiger partial charge on any atom is -0.467 e. The number of nitrogens with zero attached hydrogens (tertiary/aromatic N) is 1. The summed E-state index contributed by atoms with van der Waals surface area (Å²) in [6.45, 7) is 0.662. The maximum Gasteiger partial charge on any atom is 0.332 e. The molecule has 1 heterocycles. The number of aliphatic hydroxyl groups excluding tert-OH is 1. The molecule has 27 heavy (non-hydrogen) atoms. The smallest absolute Gasteiger partial charge is 0.332 e. The zero-order valence-electron chi connectivity index (χ0n) is 16.1. The largest absolute Gasteiger partial charge is 0.467 e. The first-order valence-corrected chi connectivity index (χ1v) is 9.89. The normalized spacial score (nSPS) is 37.5. The summed E-state index contributed by atoms with van der Waals surface area (Å²) < 4.78 is 4.94. The molecule has 2 fully saturated rings. The van der Waals surface area contributed by atoms with E-state index in [1.165, 1.54) is 7.11 Å². The van der Waals surface area contributed by atoms with Crippen LogP contribution in [0.25, 0.3) is 0 Å². The molecule has 1 aliphatic heterocycles. The van der Waals surface area contributed by atoms with Crippen molar-refractivity contribution < 1.29 is 24.2 Å². The highest BCUT2D eigenvalue weighted by atomic mass is 16.5. The third kappa shape index (κ3) is 4.03. The van der Waals surface area contributed by atoms with Gasteiger partial charge in [0, 0.05) is 25.4 Å². The average molecular weight is 378 g/mol. The first-order valence-electron chi connectivity index (χ1n) is 9.89. The highest BCUT2D eigenvalue weighted by Crippen LogP contribution is 2.46. The first-order chi connectivity index (χ1) is 12.9. The van der Waals surface area contributed by atoms with Crippen LogP contribution in [0.3, 0.4) is 0 Å². The van der Waals surface area contributed by atoms with E-state index in [0.717, 1.165) is 19.3 Å². The van der Waals surface area contributed by atoms with Crippen molar-refractivity contribution in [3.63, 3.8) is 0 Å². The van der Waals surface area contributed by atoms with E-state index in [1.807, 2.05) is 12.2 Å². The van der Waals surface area contributed by atoms with Crippen molar-refractivity contribution in [2.45, 2.75) is 56.6 Å². The maximum absolute atomic E-state index is 13.1. The van der Waals surface area contributed by atoms with Gasteiger partial charge in [-0.05, 0) is 44.9 Å².